The van der Waals surface area contributed by atoms with Crippen LogP contribution in [0.2, 0.25) is 0 Å². The Balaban J connectivity index is 1.72. The summed E-state index contributed by atoms with van der Waals surface area (Å²) in [5, 5.41) is 2.85. The predicted octanol–water partition coefficient (Wildman–Crippen LogP) is 3.99. The number of carbonyl (C=O) groups is 2. The van der Waals surface area contributed by atoms with Crippen LogP contribution in [0.1, 0.15) is 54.3 Å². The number of hydrogen-bond acceptors (Lipinski definition) is 4. The number of piperidine rings is 1. The van der Waals surface area contributed by atoms with Crippen LogP contribution in [0.3, 0.4) is 0 Å². The highest BCUT2D eigenvalue weighted by molar-refractivity contribution is 6.08. The summed E-state index contributed by atoms with van der Waals surface area (Å²) in [6.45, 7) is 7.55. The Morgan fingerprint density at radius 2 is 1.86 bits per heavy atom. The van der Waals surface area contributed by atoms with Gasteiger partial charge in [-0.05, 0) is 50.8 Å². The van der Waals surface area contributed by atoms with E-state index in [2.05, 4.69) is 17.2 Å². The minimum atomic E-state index is -0.309. The van der Waals surface area contributed by atoms with Crippen molar-refractivity contribution in [3.8, 4) is 5.88 Å². The number of carbonyl (C=O) groups excluding carboxylic acids is 2. The molecule has 28 heavy (non-hydrogen) atoms. The maximum Gasteiger partial charge on any atom is 0.257 e. The second kappa shape index (κ2) is 8.87. The smallest absolute Gasteiger partial charge is 0.257 e. The van der Waals surface area contributed by atoms with Crippen molar-refractivity contribution < 1.29 is 14.3 Å². The van der Waals surface area contributed by atoms with Crippen molar-refractivity contribution in [2.45, 2.75) is 39.7 Å². The van der Waals surface area contributed by atoms with Gasteiger partial charge in [0.25, 0.3) is 11.8 Å². The minimum Gasteiger partial charge on any atom is -0.475 e. The molecule has 6 nitrogen and oxygen atoms in total. The van der Waals surface area contributed by atoms with E-state index in [9.17, 15) is 9.59 Å². The maximum absolute atomic E-state index is 12.9. The number of anilines is 1. The average molecular weight is 381 g/mol. The van der Waals surface area contributed by atoms with Gasteiger partial charge in [0, 0.05) is 25.4 Å². The zero-order valence-corrected chi connectivity index (χ0v) is 16.6. The topological polar surface area (TPSA) is 71.5 Å². The maximum atomic E-state index is 12.9. The lowest BCUT2D eigenvalue weighted by molar-refractivity contribution is 0.0698. The molecular weight excluding hydrogens is 354 g/mol. The number of hydrogen-bond donors (Lipinski definition) is 1. The lowest BCUT2D eigenvalue weighted by Gasteiger charge is -2.30. The zero-order chi connectivity index (χ0) is 20.1. The lowest BCUT2D eigenvalue weighted by Crippen LogP contribution is -2.38. The minimum absolute atomic E-state index is 0.0165. The molecule has 1 aliphatic heterocycles. The highest BCUT2D eigenvalue weighted by atomic mass is 16.5. The molecule has 1 aliphatic rings. The Hall–Kier alpha value is -2.89. The summed E-state index contributed by atoms with van der Waals surface area (Å²) in [7, 11) is 0. The van der Waals surface area contributed by atoms with E-state index in [1.807, 2.05) is 30.9 Å². The molecule has 3 rings (SSSR count). The first-order valence-corrected chi connectivity index (χ1v) is 9.76. The first-order valence-electron chi connectivity index (χ1n) is 9.76. The zero-order valence-electron chi connectivity index (χ0n) is 16.6. The molecule has 0 bridgehead atoms. The first kappa shape index (κ1) is 19.9. The first-order chi connectivity index (χ1) is 13.4. The summed E-state index contributed by atoms with van der Waals surface area (Å²) in [5.74, 6) is 0.772. The fourth-order valence-electron chi connectivity index (χ4n) is 3.18. The van der Waals surface area contributed by atoms with Gasteiger partial charge in [0.1, 0.15) is 0 Å². The van der Waals surface area contributed by atoms with Gasteiger partial charge in [0.2, 0.25) is 5.88 Å². The summed E-state index contributed by atoms with van der Waals surface area (Å²) in [4.78, 5) is 31.6. The van der Waals surface area contributed by atoms with Crippen LogP contribution >= 0.6 is 0 Å². The molecule has 0 aliphatic carbocycles. The number of nitrogens with one attached hydrogen (secondary N) is 1. The molecule has 148 valence electrons. The van der Waals surface area contributed by atoms with Gasteiger partial charge >= 0.3 is 0 Å². The molecule has 2 amide bonds. The summed E-state index contributed by atoms with van der Waals surface area (Å²) >= 11 is 0. The van der Waals surface area contributed by atoms with Crippen LogP contribution in [0.15, 0.2) is 42.6 Å². The highest BCUT2D eigenvalue weighted by Gasteiger charge is 2.23. The van der Waals surface area contributed by atoms with Crippen LogP contribution in [0.4, 0.5) is 5.69 Å². The van der Waals surface area contributed by atoms with Gasteiger partial charge in [0.15, 0.2) is 0 Å². The van der Waals surface area contributed by atoms with E-state index < -0.39 is 0 Å². The number of likely N-dealkylation sites (tertiary alicyclic amines) is 1. The van der Waals surface area contributed by atoms with Crippen molar-refractivity contribution in [3.63, 3.8) is 0 Å². The van der Waals surface area contributed by atoms with E-state index in [4.69, 9.17) is 4.74 Å². The van der Waals surface area contributed by atoms with Crippen molar-refractivity contribution in [1.29, 1.82) is 0 Å². The number of ether oxygens (including phenoxy) is 1. The van der Waals surface area contributed by atoms with Crippen molar-refractivity contribution >= 4 is 17.5 Å². The predicted molar refractivity (Wildman–Crippen MR) is 109 cm³/mol. The molecule has 2 heterocycles. The van der Waals surface area contributed by atoms with Gasteiger partial charge in [0.05, 0.1) is 22.9 Å². The molecule has 1 fully saturated rings. The molecule has 0 spiro atoms. The quantitative estimate of drug-likeness (QED) is 0.850. The summed E-state index contributed by atoms with van der Waals surface area (Å²) in [5.41, 5.74) is 1.43. The van der Waals surface area contributed by atoms with Gasteiger partial charge in [-0.3, -0.25) is 9.59 Å². The van der Waals surface area contributed by atoms with E-state index in [-0.39, 0.29) is 17.9 Å². The number of pyridine rings is 1. The van der Waals surface area contributed by atoms with E-state index in [0.29, 0.717) is 28.6 Å². The van der Waals surface area contributed by atoms with Crippen molar-refractivity contribution in [2.75, 3.05) is 18.4 Å². The Morgan fingerprint density at radius 3 is 2.50 bits per heavy atom. The van der Waals surface area contributed by atoms with Gasteiger partial charge in [-0.25, -0.2) is 4.98 Å². The Kier molecular flexibility index (Phi) is 6.29. The largest absolute Gasteiger partial charge is 0.475 e. The fourth-order valence-corrected chi connectivity index (χ4v) is 3.18. The Bertz CT molecular complexity index is 825. The van der Waals surface area contributed by atoms with Crippen molar-refractivity contribution in [2.24, 2.45) is 5.92 Å². The SMILES string of the molecule is CC1CCN(C(=O)c2ccccc2NC(=O)c2ccc(OC(C)C)nc2)CC1. The van der Waals surface area contributed by atoms with E-state index in [0.717, 1.165) is 25.9 Å². The Morgan fingerprint density at radius 1 is 1.14 bits per heavy atom. The van der Waals surface area contributed by atoms with Crippen LogP contribution < -0.4 is 10.1 Å². The molecule has 1 aromatic heterocycles. The van der Waals surface area contributed by atoms with Crippen LogP contribution in [0, 0.1) is 5.92 Å². The summed E-state index contributed by atoms with van der Waals surface area (Å²) < 4.78 is 5.50. The second-order valence-corrected chi connectivity index (χ2v) is 7.53. The summed E-state index contributed by atoms with van der Waals surface area (Å²) in [6.07, 6.45) is 3.51. The van der Waals surface area contributed by atoms with Gasteiger partial charge < -0.3 is 15.0 Å². The monoisotopic (exact) mass is 381 g/mol. The molecule has 0 atom stereocenters. The van der Waals surface area contributed by atoms with Crippen molar-refractivity contribution in [3.05, 3.63) is 53.7 Å². The number of benzene rings is 1. The molecule has 1 N–H and O–H groups in total. The average Bonchev–Trinajstić information content (AvgIpc) is 2.68. The molecule has 0 radical (unpaired) electrons. The standard InChI is InChI=1S/C22H27N3O3/c1-15(2)28-20-9-8-17(14-23-20)21(26)24-19-7-5-4-6-18(19)22(27)25-12-10-16(3)11-13-25/h4-9,14-16H,10-13H2,1-3H3,(H,24,26). The number of rotatable bonds is 5. The van der Waals surface area contributed by atoms with Crippen LogP contribution in [0.25, 0.3) is 0 Å². The third-order valence-electron chi connectivity index (χ3n) is 4.83. The number of para-hydroxylation sites is 1. The number of amides is 2. The van der Waals surface area contributed by atoms with Gasteiger partial charge in [-0.2, -0.15) is 0 Å². The molecule has 1 saturated heterocycles. The molecule has 1 aromatic carbocycles. The summed E-state index contributed by atoms with van der Waals surface area (Å²) in [6, 6.07) is 10.5. The van der Waals surface area contributed by atoms with E-state index in [1.165, 1.54) is 6.20 Å². The highest BCUT2D eigenvalue weighted by Crippen LogP contribution is 2.22. The van der Waals surface area contributed by atoms with Gasteiger partial charge in [-0.1, -0.05) is 19.1 Å². The van der Waals surface area contributed by atoms with E-state index >= 15 is 0 Å². The Labute approximate surface area is 165 Å². The second-order valence-electron chi connectivity index (χ2n) is 7.53. The van der Waals surface area contributed by atoms with Gasteiger partial charge in [-0.15, -0.1) is 0 Å². The molecule has 2 aromatic rings. The lowest BCUT2D eigenvalue weighted by atomic mass is 9.98. The van der Waals surface area contributed by atoms with Crippen LogP contribution in [-0.4, -0.2) is 40.9 Å². The molecule has 0 unspecified atom stereocenters. The molecule has 6 heteroatoms. The normalized spacial score (nSPS) is 14.8. The van der Waals surface area contributed by atoms with E-state index in [1.54, 1.807) is 24.3 Å². The van der Waals surface area contributed by atoms with Crippen molar-refractivity contribution in [1.82, 2.24) is 9.88 Å². The van der Waals surface area contributed by atoms with Crippen LogP contribution in [0.5, 0.6) is 5.88 Å². The molecule has 0 saturated carbocycles. The van der Waals surface area contributed by atoms with Crippen LogP contribution in [-0.2, 0) is 0 Å². The molecular formula is C22H27N3O3. The third-order valence-corrected chi connectivity index (χ3v) is 4.83. The third kappa shape index (κ3) is 4.88. The fraction of sp³-hybridized carbons (Fsp3) is 0.409. The number of nitrogens with zero attached hydrogens (tertiary/aromatic N) is 2. The number of aromatic nitrogens is 1.